The highest BCUT2D eigenvalue weighted by molar-refractivity contribution is 5.79. The molecule has 1 aromatic carbocycles. The summed E-state index contributed by atoms with van der Waals surface area (Å²) in [6.45, 7) is 1.44. The predicted octanol–water partition coefficient (Wildman–Crippen LogP) is 3.35. The van der Waals surface area contributed by atoms with Crippen molar-refractivity contribution in [3.05, 3.63) is 54.4 Å². The first-order chi connectivity index (χ1) is 16.9. The second-order valence-electron chi connectivity index (χ2n) is 9.93. The van der Waals surface area contributed by atoms with E-state index in [0.717, 1.165) is 48.8 Å². The minimum Gasteiger partial charge on any atom is -0.465 e. The Morgan fingerprint density at radius 3 is 2.63 bits per heavy atom. The van der Waals surface area contributed by atoms with Crippen molar-refractivity contribution < 1.29 is 19.8 Å². The van der Waals surface area contributed by atoms with Crippen LogP contribution in [0.3, 0.4) is 0 Å². The summed E-state index contributed by atoms with van der Waals surface area (Å²) in [7, 11) is 0. The third kappa shape index (κ3) is 5.82. The number of aliphatic hydroxyl groups is 1. The number of rotatable bonds is 8. The maximum atomic E-state index is 13.3. The maximum absolute atomic E-state index is 13.3. The highest BCUT2D eigenvalue weighted by Gasteiger charge is 2.43. The van der Waals surface area contributed by atoms with Gasteiger partial charge in [0.15, 0.2) is 0 Å². The Kier molecular flexibility index (Phi) is 8.03. The van der Waals surface area contributed by atoms with Crippen molar-refractivity contribution in [2.45, 2.75) is 56.6 Å². The van der Waals surface area contributed by atoms with E-state index in [1.807, 2.05) is 41.3 Å². The van der Waals surface area contributed by atoms with Crippen molar-refractivity contribution >= 4 is 12.0 Å². The molecule has 35 heavy (non-hydrogen) atoms. The summed E-state index contributed by atoms with van der Waals surface area (Å²) in [5, 5.41) is 23.8. The molecule has 2 amide bonds. The fourth-order valence-corrected chi connectivity index (χ4v) is 5.82. The van der Waals surface area contributed by atoms with Crippen molar-refractivity contribution in [1.82, 2.24) is 15.2 Å². The summed E-state index contributed by atoms with van der Waals surface area (Å²) in [6, 6.07) is 11.8. The molecule has 1 aliphatic heterocycles. The van der Waals surface area contributed by atoms with E-state index in [4.69, 9.17) is 10.8 Å². The lowest BCUT2D eigenvalue weighted by Gasteiger charge is -2.44. The van der Waals surface area contributed by atoms with Crippen LogP contribution in [0.25, 0.3) is 11.1 Å². The van der Waals surface area contributed by atoms with Crippen LogP contribution in [-0.4, -0.2) is 57.8 Å². The summed E-state index contributed by atoms with van der Waals surface area (Å²) in [5.41, 5.74) is 7.54. The van der Waals surface area contributed by atoms with Crippen LogP contribution in [0.4, 0.5) is 4.79 Å². The monoisotopic (exact) mass is 480 g/mol. The quantitative estimate of drug-likeness (QED) is 0.429. The highest BCUT2D eigenvalue weighted by atomic mass is 16.4. The van der Waals surface area contributed by atoms with Gasteiger partial charge in [0.1, 0.15) is 0 Å². The lowest BCUT2D eigenvalue weighted by molar-refractivity contribution is -0.140. The molecule has 2 fully saturated rings. The number of likely N-dealkylation sites (tertiary alicyclic amines) is 1. The molecule has 1 saturated heterocycles. The normalized spacial score (nSPS) is 24.1. The second-order valence-corrected chi connectivity index (χ2v) is 9.93. The summed E-state index contributed by atoms with van der Waals surface area (Å²) in [5.74, 6) is -0.0382. The molecule has 4 atom stereocenters. The van der Waals surface area contributed by atoms with Crippen molar-refractivity contribution in [1.29, 1.82) is 0 Å². The molecular formula is C27H36N4O4. The molecule has 188 valence electrons. The summed E-state index contributed by atoms with van der Waals surface area (Å²) in [4.78, 5) is 30.3. The number of piperidine rings is 1. The van der Waals surface area contributed by atoms with Gasteiger partial charge in [0.05, 0.1) is 5.60 Å². The van der Waals surface area contributed by atoms with Crippen molar-refractivity contribution in [3.63, 3.8) is 0 Å². The van der Waals surface area contributed by atoms with E-state index >= 15 is 0 Å². The molecule has 1 aliphatic carbocycles. The highest BCUT2D eigenvalue weighted by Crippen LogP contribution is 2.43. The zero-order chi connectivity index (χ0) is 24.8. The van der Waals surface area contributed by atoms with Gasteiger partial charge in [0.25, 0.3) is 0 Å². The number of hydrogen-bond donors (Lipinski definition) is 4. The molecule has 8 heteroatoms. The van der Waals surface area contributed by atoms with Crippen molar-refractivity contribution in [2.75, 3.05) is 19.6 Å². The summed E-state index contributed by atoms with van der Waals surface area (Å²) >= 11 is 0. The molecule has 2 aromatic rings. The molecule has 0 spiro atoms. The Morgan fingerprint density at radius 2 is 1.91 bits per heavy atom. The van der Waals surface area contributed by atoms with E-state index in [0.29, 0.717) is 25.9 Å². The van der Waals surface area contributed by atoms with Crippen LogP contribution >= 0.6 is 0 Å². The number of aromatic nitrogens is 1. The third-order valence-corrected chi connectivity index (χ3v) is 7.63. The molecule has 0 bridgehead atoms. The predicted molar refractivity (Wildman–Crippen MR) is 133 cm³/mol. The van der Waals surface area contributed by atoms with Gasteiger partial charge in [-0.25, -0.2) is 4.79 Å². The number of nitrogens with two attached hydrogens (primary N) is 1. The third-order valence-electron chi connectivity index (χ3n) is 7.63. The van der Waals surface area contributed by atoms with Crippen LogP contribution in [0.2, 0.25) is 0 Å². The average Bonchev–Trinajstić information content (AvgIpc) is 3.32. The Balaban J connectivity index is 1.63. The molecule has 2 aliphatic rings. The smallest absolute Gasteiger partial charge is 0.404 e. The zero-order valence-electron chi connectivity index (χ0n) is 20.1. The molecular weight excluding hydrogens is 444 g/mol. The van der Waals surface area contributed by atoms with E-state index < -0.39 is 11.7 Å². The fraction of sp³-hybridized carbons (Fsp3) is 0.519. The Morgan fingerprint density at radius 1 is 1.14 bits per heavy atom. The molecule has 0 radical (unpaired) electrons. The Labute approximate surface area is 206 Å². The molecule has 2 heterocycles. The lowest BCUT2D eigenvalue weighted by atomic mass is 9.72. The van der Waals surface area contributed by atoms with E-state index in [2.05, 4.69) is 10.3 Å². The lowest BCUT2D eigenvalue weighted by Crippen LogP contribution is -2.49. The van der Waals surface area contributed by atoms with Gasteiger partial charge in [0, 0.05) is 49.9 Å². The van der Waals surface area contributed by atoms with Gasteiger partial charge in [-0.15, -0.1) is 0 Å². The van der Waals surface area contributed by atoms with Gasteiger partial charge in [-0.3, -0.25) is 9.78 Å². The first-order valence-corrected chi connectivity index (χ1v) is 12.6. The number of carbonyl (C=O) groups is 2. The molecule has 8 nitrogen and oxygen atoms in total. The van der Waals surface area contributed by atoms with Gasteiger partial charge in [-0.05, 0) is 73.8 Å². The topological polar surface area (TPSA) is 129 Å². The number of carboxylic acid groups (broad SMARTS) is 1. The number of carbonyl (C=O) groups excluding carboxylic acids is 1. The molecule has 4 rings (SSSR count). The molecule has 1 aromatic heterocycles. The van der Waals surface area contributed by atoms with Crippen molar-refractivity contribution in [2.24, 2.45) is 17.6 Å². The maximum Gasteiger partial charge on any atom is 0.404 e. The second kappa shape index (κ2) is 11.2. The Hall–Kier alpha value is -2.97. The van der Waals surface area contributed by atoms with Crippen LogP contribution in [-0.2, 0) is 10.4 Å². The van der Waals surface area contributed by atoms with Gasteiger partial charge in [-0.2, -0.15) is 0 Å². The van der Waals surface area contributed by atoms with E-state index in [1.54, 1.807) is 12.4 Å². The zero-order valence-corrected chi connectivity index (χ0v) is 20.1. The van der Waals surface area contributed by atoms with Crippen LogP contribution in [0, 0.1) is 11.8 Å². The van der Waals surface area contributed by atoms with E-state index in [1.165, 1.54) is 0 Å². The van der Waals surface area contributed by atoms with Crippen molar-refractivity contribution in [3.8, 4) is 11.1 Å². The number of nitrogens with zero attached hydrogens (tertiary/aromatic N) is 2. The minimum atomic E-state index is -1.22. The van der Waals surface area contributed by atoms with Crippen LogP contribution < -0.4 is 11.1 Å². The van der Waals surface area contributed by atoms with Gasteiger partial charge in [0.2, 0.25) is 5.91 Å². The number of hydrogen-bond acceptors (Lipinski definition) is 5. The minimum absolute atomic E-state index is 0.0271. The summed E-state index contributed by atoms with van der Waals surface area (Å²) < 4.78 is 0. The van der Waals surface area contributed by atoms with E-state index in [9.17, 15) is 14.7 Å². The van der Waals surface area contributed by atoms with Crippen LogP contribution in [0.5, 0.6) is 0 Å². The largest absolute Gasteiger partial charge is 0.465 e. The summed E-state index contributed by atoms with van der Waals surface area (Å²) in [6.07, 6.45) is 7.32. The standard InChI is InChI=1S/C27H36N4O4/c28-22-9-8-20(17-22)25(32)31-16-3-5-21(18-31)27(35,12-4-13-30-26(33)34)24-7-2-1-6-23(24)19-10-14-29-15-11-19/h1-2,6-7,10-11,14-15,20-22,30,35H,3-5,8-9,12-13,16-18,28H2,(H,33,34)/t20-,21-,22+,27+/m1/s1. The number of benzene rings is 1. The van der Waals surface area contributed by atoms with E-state index in [-0.39, 0.29) is 30.3 Å². The average molecular weight is 481 g/mol. The Bertz CT molecular complexity index is 1020. The molecule has 0 unspecified atom stereocenters. The van der Waals surface area contributed by atoms with Gasteiger partial charge in [-0.1, -0.05) is 24.3 Å². The molecule has 5 N–H and O–H groups in total. The van der Waals surface area contributed by atoms with Crippen LogP contribution in [0.15, 0.2) is 48.8 Å². The first kappa shape index (κ1) is 25.1. The number of pyridine rings is 1. The fourth-order valence-electron chi connectivity index (χ4n) is 5.82. The first-order valence-electron chi connectivity index (χ1n) is 12.6. The molecule has 1 saturated carbocycles. The van der Waals surface area contributed by atoms with Gasteiger partial charge < -0.3 is 26.2 Å². The SMILES string of the molecule is N[C@H]1CC[C@@H](C(=O)N2CCC[C@@H]([C@@](O)(CCCNC(=O)O)c3ccccc3-c3ccncc3)C2)C1. The van der Waals surface area contributed by atoms with Gasteiger partial charge >= 0.3 is 6.09 Å². The van der Waals surface area contributed by atoms with Crippen LogP contribution in [0.1, 0.15) is 50.5 Å². The number of amides is 2. The number of nitrogens with one attached hydrogen (secondary N) is 1.